The molecule has 0 aliphatic heterocycles. The Balaban J connectivity index is 2.09. The van der Waals surface area contributed by atoms with Crippen LogP contribution in [0.3, 0.4) is 0 Å². The SMILES string of the molecule is CCOC(=O)C1CC(=O)C2CC21C. The molecule has 0 N–H and O–H groups in total. The minimum absolute atomic E-state index is 0.0522. The van der Waals surface area contributed by atoms with Crippen molar-refractivity contribution >= 4 is 11.8 Å². The average molecular weight is 182 g/mol. The van der Waals surface area contributed by atoms with E-state index in [2.05, 4.69) is 0 Å². The molecule has 0 spiro atoms. The van der Waals surface area contributed by atoms with Gasteiger partial charge in [-0.1, -0.05) is 6.92 Å². The van der Waals surface area contributed by atoms with Crippen LogP contribution in [0.25, 0.3) is 0 Å². The Morgan fingerprint density at radius 2 is 2.38 bits per heavy atom. The van der Waals surface area contributed by atoms with Crippen molar-refractivity contribution in [1.29, 1.82) is 0 Å². The number of carbonyl (C=O) groups is 2. The molecule has 2 aliphatic rings. The molecule has 0 amide bonds. The fourth-order valence-corrected chi connectivity index (χ4v) is 2.42. The van der Waals surface area contributed by atoms with Gasteiger partial charge in [0.2, 0.25) is 0 Å². The van der Waals surface area contributed by atoms with Gasteiger partial charge in [0.1, 0.15) is 5.78 Å². The molecular weight excluding hydrogens is 168 g/mol. The van der Waals surface area contributed by atoms with Crippen LogP contribution in [-0.2, 0) is 14.3 Å². The number of fused-ring (bicyclic) bond motifs is 1. The topological polar surface area (TPSA) is 43.4 Å². The molecule has 0 bridgehead atoms. The maximum Gasteiger partial charge on any atom is 0.309 e. The zero-order valence-corrected chi connectivity index (χ0v) is 8.00. The number of rotatable bonds is 2. The Kier molecular flexibility index (Phi) is 1.72. The van der Waals surface area contributed by atoms with Gasteiger partial charge in [-0.05, 0) is 18.8 Å². The van der Waals surface area contributed by atoms with Gasteiger partial charge in [0, 0.05) is 12.3 Å². The van der Waals surface area contributed by atoms with Crippen LogP contribution in [0.2, 0.25) is 0 Å². The summed E-state index contributed by atoms with van der Waals surface area (Å²) in [5, 5.41) is 0. The second-order valence-electron chi connectivity index (χ2n) is 4.24. The highest BCUT2D eigenvalue weighted by Gasteiger charge is 2.66. The average Bonchev–Trinajstić information content (AvgIpc) is 2.68. The molecule has 3 nitrogen and oxygen atoms in total. The summed E-state index contributed by atoms with van der Waals surface area (Å²) in [6.07, 6.45) is 1.29. The first-order valence-electron chi connectivity index (χ1n) is 4.79. The van der Waals surface area contributed by atoms with Crippen molar-refractivity contribution in [1.82, 2.24) is 0 Å². The Morgan fingerprint density at radius 1 is 1.69 bits per heavy atom. The van der Waals surface area contributed by atoms with Crippen LogP contribution >= 0.6 is 0 Å². The first-order valence-corrected chi connectivity index (χ1v) is 4.79. The zero-order valence-electron chi connectivity index (χ0n) is 8.00. The second-order valence-corrected chi connectivity index (χ2v) is 4.24. The van der Waals surface area contributed by atoms with Crippen molar-refractivity contribution in [3.63, 3.8) is 0 Å². The fourth-order valence-electron chi connectivity index (χ4n) is 2.42. The van der Waals surface area contributed by atoms with Gasteiger partial charge in [-0.3, -0.25) is 9.59 Å². The lowest BCUT2D eigenvalue weighted by atomic mass is 9.92. The molecule has 0 aromatic heterocycles. The predicted octanol–water partition coefficient (Wildman–Crippen LogP) is 1.16. The molecule has 13 heavy (non-hydrogen) atoms. The van der Waals surface area contributed by atoms with E-state index in [0.29, 0.717) is 13.0 Å². The number of esters is 1. The Hall–Kier alpha value is -0.860. The van der Waals surface area contributed by atoms with Gasteiger partial charge in [-0.25, -0.2) is 0 Å². The summed E-state index contributed by atoms with van der Waals surface area (Å²) < 4.78 is 4.95. The number of hydrogen-bond donors (Lipinski definition) is 0. The van der Waals surface area contributed by atoms with E-state index < -0.39 is 0 Å². The highest BCUT2D eigenvalue weighted by molar-refractivity contribution is 5.94. The zero-order chi connectivity index (χ0) is 9.64. The van der Waals surface area contributed by atoms with Crippen LogP contribution in [0.4, 0.5) is 0 Å². The summed E-state index contributed by atoms with van der Waals surface area (Å²) in [5.74, 6) is 0.0609. The summed E-state index contributed by atoms with van der Waals surface area (Å²) in [5.41, 5.74) is -0.0522. The molecule has 3 heteroatoms. The molecule has 0 aromatic rings. The van der Waals surface area contributed by atoms with E-state index in [1.54, 1.807) is 6.92 Å². The Labute approximate surface area is 77.4 Å². The number of Topliss-reactive ketones (excluding diaryl/α,β-unsaturated/α-hetero) is 1. The number of ether oxygens (including phenoxy) is 1. The van der Waals surface area contributed by atoms with Crippen molar-refractivity contribution in [2.24, 2.45) is 17.3 Å². The van der Waals surface area contributed by atoms with Crippen LogP contribution in [0, 0.1) is 17.3 Å². The highest BCUT2D eigenvalue weighted by Crippen LogP contribution is 2.64. The molecule has 0 heterocycles. The largest absolute Gasteiger partial charge is 0.466 e. The van der Waals surface area contributed by atoms with E-state index in [9.17, 15) is 9.59 Å². The van der Waals surface area contributed by atoms with E-state index in [1.807, 2.05) is 6.92 Å². The van der Waals surface area contributed by atoms with E-state index >= 15 is 0 Å². The van der Waals surface area contributed by atoms with Crippen molar-refractivity contribution in [2.45, 2.75) is 26.7 Å². The first-order chi connectivity index (χ1) is 6.09. The molecule has 72 valence electrons. The lowest BCUT2D eigenvalue weighted by Crippen LogP contribution is -2.23. The highest BCUT2D eigenvalue weighted by atomic mass is 16.5. The third kappa shape index (κ3) is 1.10. The summed E-state index contributed by atoms with van der Waals surface area (Å²) in [6.45, 7) is 4.22. The molecule has 3 atom stereocenters. The van der Waals surface area contributed by atoms with Gasteiger partial charge < -0.3 is 4.74 Å². The minimum atomic E-state index is -0.182. The van der Waals surface area contributed by atoms with E-state index in [-0.39, 0.29) is 29.0 Å². The maximum absolute atomic E-state index is 11.5. The third-order valence-corrected chi connectivity index (χ3v) is 3.44. The van der Waals surface area contributed by atoms with Crippen LogP contribution in [0.1, 0.15) is 26.7 Å². The third-order valence-electron chi connectivity index (χ3n) is 3.44. The second kappa shape index (κ2) is 2.56. The van der Waals surface area contributed by atoms with Gasteiger partial charge in [0.25, 0.3) is 0 Å². The standard InChI is InChI=1S/C10H14O3/c1-3-13-9(12)6-4-8(11)7-5-10(6,7)2/h6-7H,3-5H2,1-2H3. The van der Waals surface area contributed by atoms with Crippen molar-refractivity contribution in [3.8, 4) is 0 Å². The predicted molar refractivity (Wildman–Crippen MR) is 46.0 cm³/mol. The normalized spacial score (nSPS) is 41.5. The summed E-state index contributed by atoms with van der Waals surface area (Å²) in [7, 11) is 0. The molecular formula is C10H14O3. The van der Waals surface area contributed by atoms with Crippen molar-refractivity contribution in [2.75, 3.05) is 6.61 Å². The monoisotopic (exact) mass is 182 g/mol. The smallest absolute Gasteiger partial charge is 0.309 e. The molecule has 2 rings (SSSR count). The Morgan fingerprint density at radius 3 is 2.77 bits per heavy atom. The van der Waals surface area contributed by atoms with Gasteiger partial charge in [0.05, 0.1) is 12.5 Å². The van der Waals surface area contributed by atoms with Crippen LogP contribution in [0.15, 0.2) is 0 Å². The lowest BCUT2D eigenvalue weighted by Gasteiger charge is -2.15. The minimum Gasteiger partial charge on any atom is -0.466 e. The molecule has 0 saturated heterocycles. The van der Waals surface area contributed by atoms with E-state index in [4.69, 9.17) is 4.74 Å². The number of hydrogen-bond acceptors (Lipinski definition) is 3. The lowest BCUT2D eigenvalue weighted by molar-refractivity contribution is -0.150. The summed E-state index contributed by atoms with van der Waals surface area (Å²) >= 11 is 0. The van der Waals surface area contributed by atoms with Gasteiger partial charge >= 0.3 is 5.97 Å². The number of carbonyl (C=O) groups excluding carboxylic acids is 2. The van der Waals surface area contributed by atoms with Crippen LogP contribution < -0.4 is 0 Å². The maximum atomic E-state index is 11.5. The summed E-state index contributed by atoms with van der Waals surface area (Å²) in [4.78, 5) is 22.8. The number of ketones is 1. The summed E-state index contributed by atoms with van der Waals surface area (Å²) in [6, 6.07) is 0. The first kappa shape index (κ1) is 8.73. The Bertz CT molecular complexity index is 271. The van der Waals surface area contributed by atoms with Gasteiger partial charge in [-0.15, -0.1) is 0 Å². The van der Waals surface area contributed by atoms with E-state index in [0.717, 1.165) is 6.42 Å². The molecule has 3 unspecified atom stereocenters. The fraction of sp³-hybridized carbons (Fsp3) is 0.800. The van der Waals surface area contributed by atoms with Crippen molar-refractivity contribution in [3.05, 3.63) is 0 Å². The van der Waals surface area contributed by atoms with Crippen LogP contribution in [-0.4, -0.2) is 18.4 Å². The molecule has 2 fully saturated rings. The molecule has 2 saturated carbocycles. The van der Waals surface area contributed by atoms with Crippen molar-refractivity contribution < 1.29 is 14.3 Å². The van der Waals surface area contributed by atoms with Gasteiger partial charge in [0.15, 0.2) is 0 Å². The molecule has 0 radical (unpaired) electrons. The van der Waals surface area contributed by atoms with E-state index in [1.165, 1.54) is 0 Å². The molecule has 2 aliphatic carbocycles. The van der Waals surface area contributed by atoms with Gasteiger partial charge in [-0.2, -0.15) is 0 Å². The molecule has 0 aromatic carbocycles. The quantitative estimate of drug-likeness (QED) is 0.602. The van der Waals surface area contributed by atoms with Crippen LogP contribution in [0.5, 0.6) is 0 Å².